The van der Waals surface area contributed by atoms with Crippen LogP contribution in [0.2, 0.25) is 0 Å². The third-order valence-electron chi connectivity index (χ3n) is 3.50. The van der Waals surface area contributed by atoms with Crippen molar-refractivity contribution in [2.24, 2.45) is 0 Å². The summed E-state index contributed by atoms with van der Waals surface area (Å²) in [5.74, 6) is 0.0584. The van der Waals surface area contributed by atoms with Gasteiger partial charge in [-0.15, -0.1) is 16.4 Å². The molecule has 0 spiro atoms. The van der Waals surface area contributed by atoms with E-state index in [9.17, 15) is 13.5 Å². The molecule has 1 aliphatic rings. The van der Waals surface area contributed by atoms with Gasteiger partial charge >= 0.3 is 0 Å². The largest absolute Gasteiger partial charge is 0.504 e. The fourth-order valence-electron chi connectivity index (χ4n) is 2.34. The lowest BCUT2D eigenvalue weighted by molar-refractivity contribution is 0.171. The van der Waals surface area contributed by atoms with Crippen LogP contribution in [0.25, 0.3) is 12.3 Å². The molecule has 4 rings (SSSR count). The molecule has 26 heavy (non-hydrogen) atoms. The smallest absolute Gasteiger partial charge is 0.271 e. The minimum Gasteiger partial charge on any atom is -0.504 e. The van der Waals surface area contributed by atoms with Gasteiger partial charge in [-0.2, -0.15) is 0 Å². The fraction of sp³-hybridized carbons (Fsp3) is 0.0667. The molecule has 0 aliphatic carbocycles. The second kappa shape index (κ2) is 6.35. The SMILES string of the molecule is O=S(=O)(Nc1cc(C=Cn2ccnn2)c(O)c2c1OCO2)c1cccs1. The van der Waals surface area contributed by atoms with Gasteiger partial charge in [0.2, 0.25) is 12.5 Å². The van der Waals surface area contributed by atoms with E-state index in [0.717, 1.165) is 11.3 Å². The van der Waals surface area contributed by atoms with Gasteiger partial charge in [0.15, 0.2) is 11.5 Å². The maximum Gasteiger partial charge on any atom is 0.271 e. The van der Waals surface area contributed by atoms with E-state index in [0.29, 0.717) is 5.56 Å². The van der Waals surface area contributed by atoms with Gasteiger partial charge < -0.3 is 14.6 Å². The number of ether oxygens (including phenoxy) is 2. The molecule has 3 aromatic rings. The summed E-state index contributed by atoms with van der Waals surface area (Å²) >= 11 is 1.09. The fourth-order valence-corrected chi connectivity index (χ4v) is 4.39. The Kier molecular flexibility index (Phi) is 4.01. The summed E-state index contributed by atoms with van der Waals surface area (Å²) in [6.07, 6.45) is 6.22. The summed E-state index contributed by atoms with van der Waals surface area (Å²) in [7, 11) is -3.78. The molecule has 2 N–H and O–H groups in total. The molecule has 2 aromatic heterocycles. The summed E-state index contributed by atoms with van der Waals surface area (Å²) in [6.45, 7) is -0.118. The number of hydrogen-bond donors (Lipinski definition) is 2. The number of fused-ring (bicyclic) bond motifs is 1. The van der Waals surface area contributed by atoms with Crippen LogP contribution in [-0.2, 0) is 10.0 Å². The molecule has 134 valence electrons. The van der Waals surface area contributed by atoms with Crippen LogP contribution in [0.4, 0.5) is 5.69 Å². The molecule has 0 fully saturated rings. The highest BCUT2D eigenvalue weighted by molar-refractivity contribution is 7.94. The molecule has 0 saturated carbocycles. The van der Waals surface area contributed by atoms with Crippen molar-refractivity contribution in [3.8, 4) is 17.2 Å². The number of sulfonamides is 1. The van der Waals surface area contributed by atoms with Crippen LogP contribution in [0.15, 0.2) is 40.2 Å². The molecule has 0 unspecified atom stereocenters. The number of rotatable bonds is 5. The molecule has 3 heterocycles. The second-order valence-electron chi connectivity index (χ2n) is 5.16. The molecule has 0 bridgehead atoms. The van der Waals surface area contributed by atoms with Crippen LogP contribution < -0.4 is 14.2 Å². The van der Waals surface area contributed by atoms with Gasteiger partial charge in [0.1, 0.15) is 4.21 Å². The highest BCUT2D eigenvalue weighted by Crippen LogP contribution is 2.48. The van der Waals surface area contributed by atoms with Crippen molar-refractivity contribution in [1.29, 1.82) is 0 Å². The average Bonchev–Trinajstić information content (AvgIpc) is 3.37. The molecular formula is C15H12N4O5S2. The standard InChI is InChI=1S/C15H12N4O5S2/c20-13-10(3-5-19-6-4-16-18-19)8-11(14-15(13)24-9-23-14)17-26(21,22)12-2-1-7-25-12/h1-8,17,20H,9H2. The van der Waals surface area contributed by atoms with Crippen molar-refractivity contribution in [3.63, 3.8) is 0 Å². The first-order valence-corrected chi connectivity index (χ1v) is 9.67. The molecule has 1 aliphatic heterocycles. The Hall–Kier alpha value is -3.05. The Labute approximate surface area is 152 Å². The topological polar surface area (TPSA) is 116 Å². The van der Waals surface area contributed by atoms with E-state index in [2.05, 4.69) is 15.0 Å². The first kappa shape index (κ1) is 16.4. The number of phenolic OH excluding ortho intramolecular Hbond substituents is 1. The molecule has 9 nitrogen and oxygen atoms in total. The van der Waals surface area contributed by atoms with Crippen LogP contribution in [0.3, 0.4) is 0 Å². The van der Waals surface area contributed by atoms with Gasteiger partial charge in [-0.25, -0.2) is 13.1 Å². The lowest BCUT2D eigenvalue weighted by atomic mass is 10.1. The van der Waals surface area contributed by atoms with E-state index in [1.165, 1.54) is 23.0 Å². The van der Waals surface area contributed by atoms with E-state index in [4.69, 9.17) is 9.47 Å². The number of nitrogens with zero attached hydrogens (tertiary/aromatic N) is 3. The Bertz CT molecular complexity index is 1060. The molecule has 0 radical (unpaired) electrons. The molecule has 1 aromatic carbocycles. The lowest BCUT2D eigenvalue weighted by Gasteiger charge is -2.12. The lowest BCUT2D eigenvalue weighted by Crippen LogP contribution is -2.12. The van der Waals surface area contributed by atoms with Crippen LogP contribution in [0, 0.1) is 0 Å². The average molecular weight is 392 g/mol. The normalized spacial score (nSPS) is 13.4. The first-order valence-electron chi connectivity index (χ1n) is 7.30. The highest BCUT2D eigenvalue weighted by atomic mass is 32.2. The number of aromatic nitrogens is 3. The minimum atomic E-state index is -3.78. The number of benzene rings is 1. The van der Waals surface area contributed by atoms with Crippen molar-refractivity contribution in [2.45, 2.75) is 4.21 Å². The quantitative estimate of drug-likeness (QED) is 0.640. The summed E-state index contributed by atoms with van der Waals surface area (Å²) < 4.78 is 39.7. The van der Waals surface area contributed by atoms with Crippen LogP contribution in [0.5, 0.6) is 17.2 Å². The zero-order valence-electron chi connectivity index (χ0n) is 13.1. The van der Waals surface area contributed by atoms with E-state index in [-0.39, 0.29) is 33.9 Å². The van der Waals surface area contributed by atoms with Gasteiger partial charge in [0.25, 0.3) is 10.0 Å². The van der Waals surface area contributed by atoms with Gasteiger partial charge in [0, 0.05) is 11.8 Å². The van der Waals surface area contributed by atoms with E-state index >= 15 is 0 Å². The summed E-state index contributed by atoms with van der Waals surface area (Å²) in [5.41, 5.74) is 0.496. The van der Waals surface area contributed by atoms with Crippen molar-refractivity contribution in [2.75, 3.05) is 11.5 Å². The number of anilines is 1. The van der Waals surface area contributed by atoms with Gasteiger partial charge in [0.05, 0.1) is 18.1 Å². The van der Waals surface area contributed by atoms with Crippen LogP contribution in [0.1, 0.15) is 5.56 Å². The number of phenols is 1. The van der Waals surface area contributed by atoms with Gasteiger partial charge in [-0.05, 0) is 23.6 Å². The maximum absolute atomic E-state index is 12.5. The molecule has 11 heteroatoms. The number of nitrogens with one attached hydrogen (secondary N) is 1. The first-order chi connectivity index (χ1) is 12.5. The predicted octanol–water partition coefficient (Wildman–Crippen LogP) is 2.20. The Morgan fingerprint density at radius 2 is 2.19 bits per heavy atom. The molecule has 0 saturated heterocycles. The molecule has 0 atom stereocenters. The van der Waals surface area contributed by atoms with Crippen molar-refractivity contribution in [3.05, 3.63) is 41.5 Å². The van der Waals surface area contributed by atoms with E-state index in [1.807, 2.05) is 0 Å². The van der Waals surface area contributed by atoms with E-state index < -0.39 is 10.0 Å². The zero-order valence-corrected chi connectivity index (χ0v) is 14.7. The third-order valence-corrected chi connectivity index (χ3v) is 6.26. The molecular weight excluding hydrogens is 380 g/mol. The molecule has 0 amide bonds. The summed E-state index contributed by atoms with van der Waals surface area (Å²) in [5, 5.41) is 19.5. The number of aromatic hydroxyl groups is 1. The monoisotopic (exact) mass is 392 g/mol. The van der Waals surface area contributed by atoms with Gasteiger partial charge in [-0.1, -0.05) is 11.3 Å². The van der Waals surface area contributed by atoms with Crippen LogP contribution >= 0.6 is 11.3 Å². The maximum atomic E-state index is 12.5. The van der Waals surface area contributed by atoms with Crippen molar-refractivity contribution >= 4 is 39.3 Å². The Morgan fingerprint density at radius 1 is 1.35 bits per heavy atom. The highest BCUT2D eigenvalue weighted by Gasteiger charge is 2.27. The zero-order chi connectivity index (χ0) is 18.1. The van der Waals surface area contributed by atoms with Gasteiger partial charge in [-0.3, -0.25) is 4.72 Å². The van der Waals surface area contributed by atoms with Crippen LogP contribution in [-0.4, -0.2) is 35.3 Å². The second-order valence-corrected chi connectivity index (χ2v) is 8.02. The Morgan fingerprint density at radius 3 is 2.92 bits per heavy atom. The van der Waals surface area contributed by atoms with Crippen molar-refractivity contribution in [1.82, 2.24) is 15.0 Å². The minimum absolute atomic E-state index is 0.0784. The predicted molar refractivity (Wildman–Crippen MR) is 94.6 cm³/mol. The Balaban J connectivity index is 1.75. The summed E-state index contributed by atoms with van der Waals surface area (Å²) in [6, 6.07) is 4.60. The van der Waals surface area contributed by atoms with Crippen molar-refractivity contribution < 1.29 is 23.0 Å². The number of hydrogen-bond acceptors (Lipinski definition) is 8. The number of thiophene rings is 1. The summed E-state index contributed by atoms with van der Waals surface area (Å²) in [4.78, 5) is 0. The third kappa shape index (κ3) is 2.97. The van der Waals surface area contributed by atoms with E-state index in [1.54, 1.807) is 29.9 Å².